The summed E-state index contributed by atoms with van der Waals surface area (Å²) in [6, 6.07) is 11.9. The first kappa shape index (κ1) is 28.0. The number of halogens is 2. The quantitative estimate of drug-likeness (QED) is 0.263. The number of fused-ring (bicyclic) bond motifs is 1. The topological polar surface area (TPSA) is 88.4 Å². The summed E-state index contributed by atoms with van der Waals surface area (Å²) in [6.07, 6.45) is 0.857. The van der Waals surface area contributed by atoms with Crippen LogP contribution in [0, 0.1) is 26.7 Å². The van der Waals surface area contributed by atoms with Crippen molar-refractivity contribution in [1.29, 1.82) is 0 Å². The van der Waals surface area contributed by atoms with Crippen LogP contribution in [0.3, 0.4) is 0 Å². The van der Waals surface area contributed by atoms with Gasteiger partial charge in [0.05, 0.1) is 27.4 Å². The van der Waals surface area contributed by atoms with Crippen molar-refractivity contribution in [3.63, 3.8) is 0 Å². The van der Waals surface area contributed by atoms with Gasteiger partial charge in [0, 0.05) is 41.3 Å². The number of sulfonamides is 1. The lowest BCUT2D eigenvalue weighted by atomic mass is 9.96. The molecule has 0 unspecified atom stereocenters. The predicted molar refractivity (Wildman–Crippen MR) is 156 cm³/mol. The van der Waals surface area contributed by atoms with Crippen molar-refractivity contribution >= 4 is 65.8 Å². The summed E-state index contributed by atoms with van der Waals surface area (Å²) in [5, 5.41) is 6.27. The first-order valence-corrected chi connectivity index (χ1v) is 15.7. The van der Waals surface area contributed by atoms with Gasteiger partial charge in [-0.15, -0.1) is 0 Å². The normalized spacial score (nSPS) is 15.2. The Balaban J connectivity index is 1.37. The van der Waals surface area contributed by atoms with Crippen LogP contribution in [0.15, 0.2) is 47.4 Å². The molecule has 0 bridgehead atoms. The molecule has 2 aromatic heterocycles. The molecule has 1 fully saturated rings. The number of amides is 1. The van der Waals surface area contributed by atoms with Gasteiger partial charge in [-0.25, -0.2) is 13.4 Å². The van der Waals surface area contributed by atoms with Gasteiger partial charge >= 0.3 is 0 Å². The largest absolute Gasteiger partial charge is 0.286 e. The highest BCUT2D eigenvalue weighted by molar-refractivity contribution is 7.89. The number of nitrogens with zero attached hydrogens (tertiary/aromatic N) is 5. The number of thiazole rings is 1. The summed E-state index contributed by atoms with van der Waals surface area (Å²) in [7, 11) is -3.66. The van der Waals surface area contributed by atoms with E-state index in [1.54, 1.807) is 17.0 Å². The zero-order valence-corrected chi connectivity index (χ0v) is 25.0. The van der Waals surface area contributed by atoms with Crippen LogP contribution in [0.2, 0.25) is 10.0 Å². The molecule has 0 aliphatic carbocycles. The molecule has 0 radical (unpaired) electrons. The lowest BCUT2D eigenvalue weighted by Crippen LogP contribution is -2.45. The summed E-state index contributed by atoms with van der Waals surface area (Å²) in [5.74, 6) is -0.373. The number of benzene rings is 2. The molecule has 0 atom stereocenters. The molecule has 1 aliphatic heterocycles. The van der Waals surface area contributed by atoms with Crippen LogP contribution in [0.5, 0.6) is 0 Å². The number of aromatic nitrogens is 3. The van der Waals surface area contributed by atoms with E-state index in [0.717, 1.165) is 27.2 Å². The molecule has 0 N–H and O–H groups in total. The molecule has 2 aromatic carbocycles. The number of hydrogen-bond acceptors (Lipinski definition) is 6. The van der Waals surface area contributed by atoms with E-state index in [1.165, 1.54) is 27.8 Å². The maximum Gasteiger partial charge on any atom is 0.243 e. The minimum atomic E-state index is -3.66. The van der Waals surface area contributed by atoms with Gasteiger partial charge in [0.2, 0.25) is 15.9 Å². The van der Waals surface area contributed by atoms with Gasteiger partial charge in [-0.3, -0.25) is 14.4 Å². The number of piperidine rings is 1. The van der Waals surface area contributed by atoms with Gasteiger partial charge in [-0.2, -0.15) is 9.40 Å². The average molecular weight is 607 g/mol. The number of carbonyl (C=O) groups excluding carboxylic acids is 1. The lowest BCUT2D eigenvalue weighted by molar-refractivity contribution is -0.123. The molecular weight excluding hydrogens is 577 g/mol. The summed E-state index contributed by atoms with van der Waals surface area (Å²) in [6.45, 7) is 7.31. The van der Waals surface area contributed by atoms with Crippen molar-refractivity contribution in [1.82, 2.24) is 19.1 Å². The molecule has 1 saturated heterocycles. The summed E-state index contributed by atoms with van der Waals surface area (Å²) >= 11 is 13.7. The monoisotopic (exact) mass is 605 g/mol. The minimum absolute atomic E-state index is 0.0529. The second-order valence-electron chi connectivity index (χ2n) is 9.79. The molecule has 5 rings (SSSR count). The number of aryl methyl sites for hydroxylation is 3. The maximum absolute atomic E-state index is 14.0. The fourth-order valence-electron chi connectivity index (χ4n) is 4.92. The van der Waals surface area contributed by atoms with Gasteiger partial charge < -0.3 is 0 Å². The van der Waals surface area contributed by atoms with E-state index in [2.05, 4.69) is 5.10 Å². The molecule has 4 aromatic rings. The fraction of sp³-hybridized carbons (Fsp3) is 0.370. The number of rotatable bonds is 7. The van der Waals surface area contributed by atoms with E-state index >= 15 is 0 Å². The van der Waals surface area contributed by atoms with Crippen molar-refractivity contribution in [2.75, 3.05) is 24.5 Å². The molecule has 1 aliphatic rings. The Morgan fingerprint density at radius 1 is 1.08 bits per heavy atom. The number of anilines is 1. The first-order chi connectivity index (χ1) is 18.5. The Morgan fingerprint density at radius 3 is 2.41 bits per heavy atom. The third-order valence-corrected chi connectivity index (χ3v) is 10.7. The summed E-state index contributed by atoms with van der Waals surface area (Å²) < 4.78 is 30.6. The Morgan fingerprint density at radius 2 is 1.77 bits per heavy atom. The maximum atomic E-state index is 14.0. The number of carbonyl (C=O) groups is 1. The Bertz CT molecular complexity index is 1630. The molecule has 1 amide bonds. The van der Waals surface area contributed by atoms with Crippen molar-refractivity contribution in [2.45, 2.75) is 45.1 Å². The number of hydrogen-bond donors (Lipinski definition) is 0. The van der Waals surface area contributed by atoms with Gasteiger partial charge in [0.25, 0.3) is 0 Å². The summed E-state index contributed by atoms with van der Waals surface area (Å²) in [5.41, 5.74) is 3.61. The highest BCUT2D eigenvalue weighted by Crippen LogP contribution is 2.35. The zero-order chi connectivity index (χ0) is 27.9. The van der Waals surface area contributed by atoms with E-state index in [0.29, 0.717) is 41.1 Å². The second-order valence-corrected chi connectivity index (χ2v) is 13.6. The van der Waals surface area contributed by atoms with E-state index in [-0.39, 0.29) is 29.8 Å². The predicted octanol–water partition coefficient (Wildman–Crippen LogP) is 5.86. The Labute approximate surface area is 242 Å². The fourth-order valence-corrected chi connectivity index (χ4v) is 7.72. The van der Waals surface area contributed by atoms with Crippen LogP contribution in [-0.2, 0) is 21.4 Å². The Kier molecular flexibility index (Phi) is 8.03. The van der Waals surface area contributed by atoms with Crippen LogP contribution >= 0.6 is 34.5 Å². The van der Waals surface area contributed by atoms with Crippen LogP contribution in [0.25, 0.3) is 10.2 Å². The second kappa shape index (κ2) is 11.2. The zero-order valence-electron chi connectivity index (χ0n) is 21.9. The average Bonchev–Trinajstić information content (AvgIpc) is 3.49. The van der Waals surface area contributed by atoms with Crippen molar-refractivity contribution in [3.05, 3.63) is 69.5 Å². The van der Waals surface area contributed by atoms with Crippen LogP contribution < -0.4 is 4.90 Å². The molecule has 0 saturated carbocycles. The molecular formula is C27H29Cl2N5O3S2. The van der Waals surface area contributed by atoms with E-state index < -0.39 is 10.0 Å². The van der Waals surface area contributed by atoms with Crippen molar-refractivity contribution < 1.29 is 13.2 Å². The van der Waals surface area contributed by atoms with Crippen LogP contribution in [0.1, 0.15) is 29.8 Å². The lowest BCUT2D eigenvalue weighted by Gasteiger charge is -2.33. The SMILES string of the molecule is Cc1cc(C)n(CCN(C(=O)C2CCN(S(=O)(=O)c3ccc(Cl)cc3)CC2)c2nc3c(C)c(Cl)ccc3s2)n1. The molecule has 0 spiro atoms. The molecule has 12 heteroatoms. The van der Waals surface area contributed by atoms with Crippen molar-refractivity contribution in [3.8, 4) is 0 Å². The van der Waals surface area contributed by atoms with Gasteiger partial charge in [0.1, 0.15) is 0 Å². The van der Waals surface area contributed by atoms with E-state index in [4.69, 9.17) is 28.2 Å². The van der Waals surface area contributed by atoms with Gasteiger partial charge in [-0.1, -0.05) is 34.5 Å². The smallest absolute Gasteiger partial charge is 0.243 e. The summed E-state index contributed by atoms with van der Waals surface area (Å²) in [4.78, 5) is 20.7. The van der Waals surface area contributed by atoms with Crippen LogP contribution in [0.4, 0.5) is 5.13 Å². The van der Waals surface area contributed by atoms with Crippen molar-refractivity contribution in [2.24, 2.45) is 5.92 Å². The van der Waals surface area contributed by atoms with Gasteiger partial charge in [-0.05, 0) is 81.6 Å². The third-order valence-electron chi connectivity index (χ3n) is 7.13. The first-order valence-electron chi connectivity index (χ1n) is 12.7. The third kappa shape index (κ3) is 5.71. The van der Waals surface area contributed by atoms with E-state index in [9.17, 15) is 13.2 Å². The molecule has 3 heterocycles. The molecule has 206 valence electrons. The standard InChI is InChI=1S/C27H29Cl2N5O3S2/c1-17-16-18(2)34(31-17)15-14-33(27-30-25-19(3)23(29)8-9-24(25)38-27)26(35)20-10-12-32(13-11-20)39(36,37)22-6-4-21(28)5-7-22/h4-9,16,20H,10-15H2,1-3H3. The van der Waals surface area contributed by atoms with Gasteiger partial charge in [0.15, 0.2) is 5.13 Å². The molecule has 39 heavy (non-hydrogen) atoms. The highest BCUT2D eigenvalue weighted by Gasteiger charge is 2.35. The molecule has 8 nitrogen and oxygen atoms in total. The minimum Gasteiger partial charge on any atom is -0.286 e. The Hall–Kier alpha value is -2.50. The van der Waals surface area contributed by atoms with E-state index in [1.807, 2.05) is 43.7 Å². The highest BCUT2D eigenvalue weighted by atomic mass is 35.5. The van der Waals surface area contributed by atoms with Crippen LogP contribution in [-0.4, -0.2) is 53.0 Å².